The summed E-state index contributed by atoms with van der Waals surface area (Å²) in [5, 5.41) is 1.04. The van der Waals surface area contributed by atoms with Crippen LogP contribution in [0.1, 0.15) is 52.7 Å². The van der Waals surface area contributed by atoms with Gasteiger partial charge in [-0.25, -0.2) is 0 Å². The summed E-state index contributed by atoms with van der Waals surface area (Å²) in [6, 6.07) is 6.95. The predicted molar refractivity (Wildman–Crippen MR) is 121 cm³/mol. The Labute approximate surface area is 179 Å². The third-order valence-electron chi connectivity index (χ3n) is 4.52. The first-order valence-corrected chi connectivity index (χ1v) is 14.6. The number of hydrogen-bond donors (Lipinski definition) is 0. The van der Waals surface area contributed by atoms with Crippen molar-refractivity contribution in [2.45, 2.75) is 60.9 Å². The Balaban J connectivity index is 3.34. The van der Waals surface area contributed by atoms with Gasteiger partial charge in [0, 0.05) is 50.9 Å². The second-order valence-corrected chi connectivity index (χ2v) is 11.7. The average molecular weight is 445 g/mol. The van der Waals surface area contributed by atoms with Gasteiger partial charge in [0.2, 0.25) is 0 Å². The van der Waals surface area contributed by atoms with Gasteiger partial charge in [-0.15, -0.1) is 0 Å². The van der Waals surface area contributed by atoms with Crippen LogP contribution in [0.25, 0.3) is 0 Å². The van der Waals surface area contributed by atoms with E-state index in [4.69, 9.17) is 26.6 Å². The van der Waals surface area contributed by atoms with Gasteiger partial charge >= 0.3 is 17.6 Å². The Hall–Kier alpha value is -0.586. The van der Waals surface area contributed by atoms with Crippen LogP contribution in [0, 0.1) is 6.92 Å². The van der Waals surface area contributed by atoms with E-state index in [1.54, 1.807) is 0 Å². The largest absolute Gasteiger partial charge is 0.537 e. The van der Waals surface area contributed by atoms with Gasteiger partial charge in [0.15, 0.2) is 0 Å². The maximum Gasteiger partial charge on any atom is 0.537 e. The molecule has 0 aromatic heterocycles. The van der Waals surface area contributed by atoms with Crippen LogP contribution < -0.4 is 5.19 Å². The molecule has 0 unspecified atom stereocenters. The lowest BCUT2D eigenvalue weighted by atomic mass is 10.1. The molecule has 0 saturated carbocycles. The summed E-state index contributed by atoms with van der Waals surface area (Å²) in [5.74, 6) is 0. The van der Waals surface area contributed by atoms with Gasteiger partial charge in [-0.05, 0) is 66.0 Å². The number of hydrogen-bond acceptors (Lipinski definition) is 6. The first-order valence-electron chi connectivity index (χ1n) is 10.9. The van der Waals surface area contributed by atoms with E-state index in [1.165, 1.54) is 11.1 Å². The molecule has 0 fully saturated rings. The van der Waals surface area contributed by atoms with Crippen LogP contribution >= 0.6 is 0 Å². The van der Waals surface area contributed by atoms with Crippen molar-refractivity contribution in [1.82, 2.24) is 0 Å². The van der Waals surface area contributed by atoms with E-state index in [9.17, 15) is 0 Å². The molecule has 0 aliphatic heterocycles. The van der Waals surface area contributed by atoms with Crippen LogP contribution in [0.15, 0.2) is 18.2 Å². The molecule has 168 valence electrons. The summed E-state index contributed by atoms with van der Waals surface area (Å²) >= 11 is 0. The lowest BCUT2D eigenvalue weighted by Gasteiger charge is -2.32. The summed E-state index contributed by atoms with van der Waals surface area (Å²) in [4.78, 5) is 0. The fraction of sp³-hybridized carbons (Fsp3) is 0.714. The highest BCUT2D eigenvalue weighted by Crippen LogP contribution is 2.23. The maximum atomic E-state index is 6.18. The molecule has 1 rings (SSSR count). The zero-order chi connectivity index (χ0) is 21.8. The van der Waals surface area contributed by atoms with E-state index < -0.39 is 17.6 Å². The van der Waals surface area contributed by atoms with Crippen molar-refractivity contribution in [1.29, 1.82) is 0 Å². The van der Waals surface area contributed by atoms with Gasteiger partial charge in [0.25, 0.3) is 0 Å². The highest BCUT2D eigenvalue weighted by Gasteiger charge is 2.46. The van der Waals surface area contributed by atoms with Crippen LogP contribution in [0.3, 0.4) is 0 Å². The predicted octanol–water partition coefficient (Wildman–Crippen LogP) is 3.84. The van der Waals surface area contributed by atoms with Gasteiger partial charge in [-0.2, -0.15) is 0 Å². The van der Waals surface area contributed by atoms with Gasteiger partial charge in [-0.1, -0.05) is 18.2 Å². The molecule has 1 aromatic carbocycles. The normalized spacial score (nSPS) is 12.5. The van der Waals surface area contributed by atoms with Gasteiger partial charge in [0.05, 0.1) is 0 Å². The number of benzene rings is 1. The summed E-state index contributed by atoms with van der Waals surface area (Å²) < 4.78 is 36.7. The first-order chi connectivity index (χ1) is 14.0. The molecular formula is C21H40O6Si2. The molecule has 0 aliphatic carbocycles. The Bertz CT molecular complexity index is 550. The van der Waals surface area contributed by atoms with E-state index in [1.807, 2.05) is 47.6 Å². The molecule has 0 atom stereocenters. The van der Waals surface area contributed by atoms with Gasteiger partial charge in [0.1, 0.15) is 0 Å². The minimum atomic E-state index is -3.01. The van der Waals surface area contributed by atoms with Gasteiger partial charge in [-0.3, -0.25) is 0 Å². The molecule has 6 nitrogen and oxygen atoms in total. The summed E-state index contributed by atoms with van der Waals surface area (Å²) in [5.41, 5.74) is 2.37. The molecule has 29 heavy (non-hydrogen) atoms. The smallest absolute Gasteiger partial charge is 0.374 e. The fourth-order valence-corrected chi connectivity index (χ4v) is 8.94. The summed E-state index contributed by atoms with van der Waals surface area (Å²) in [7, 11) is -5.75. The van der Waals surface area contributed by atoms with Crippen LogP contribution in [0.5, 0.6) is 0 Å². The highest BCUT2D eigenvalue weighted by atomic mass is 28.4. The van der Waals surface area contributed by atoms with Crippen molar-refractivity contribution >= 4 is 22.8 Å². The van der Waals surface area contributed by atoms with E-state index in [0.29, 0.717) is 45.7 Å². The van der Waals surface area contributed by atoms with Crippen LogP contribution in [0.2, 0.25) is 6.04 Å². The second kappa shape index (κ2) is 13.7. The van der Waals surface area contributed by atoms with E-state index >= 15 is 0 Å². The van der Waals surface area contributed by atoms with E-state index in [0.717, 1.165) is 11.6 Å². The Morgan fingerprint density at radius 2 is 1.10 bits per heavy atom. The maximum absolute atomic E-state index is 6.18. The minimum absolute atomic E-state index is 0.537. The zero-order valence-corrected chi connectivity index (χ0v) is 21.3. The van der Waals surface area contributed by atoms with Crippen LogP contribution in [-0.4, -0.2) is 57.3 Å². The fourth-order valence-electron chi connectivity index (χ4n) is 3.53. The van der Waals surface area contributed by atoms with Gasteiger partial charge < -0.3 is 26.6 Å². The lowest BCUT2D eigenvalue weighted by Crippen LogP contribution is -2.58. The topological polar surface area (TPSA) is 55.4 Å². The summed E-state index contributed by atoms with van der Waals surface area (Å²) in [6.45, 7) is 17.3. The molecule has 1 aromatic rings. The monoisotopic (exact) mass is 444 g/mol. The SMILES string of the molecule is CCO[Si](CCc1c(C)cccc1[Si](OCC)(OCC)OCC)(OCC)OCC. The van der Waals surface area contributed by atoms with Crippen molar-refractivity contribution in [3.63, 3.8) is 0 Å². The van der Waals surface area contributed by atoms with Crippen molar-refractivity contribution in [2.24, 2.45) is 0 Å². The van der Waals surface area contributed by atoms with E-state index in [-0.39, 0.29) is 0 Å². The Morgan fingerprint density at radius 1 is 0.655 bits per heavy atom. The van der Waals surface area contributed by atoms with Crippen LogP contribution in [0.4, 0.5) is 0 Å². The molecule has 0 N–H and O–H groups in total. The third kappa shape index (κ3) is 7.25. The molecular weight excluding hydrogens is 404 g/mol. The van der Waals surface area contributed by atoms with Crippen molar-refractivity contribution in [3.8, 4) is 0 Å². The molecule has 0 amide bonds. The summed E-state index contributed by atoms with van der Waals surface area (Å²) in [6.07, 6.45) is 0.760. The molecule has 0 saturated heterocycles. The average Bonchev–Trinajstić information content (AvgIpc) is 2.68. The standard InChI is InChI=1S/C21H40O6Si2/c1-8-22-28(23-9-2,24-10-3)18-17-20-19(7)15-14-16-21(20)29(25-11-4,26-12-5)27-13-6/h14-16H,8-13,17-18H2,1-7H3. The Morgan fingerprint density at radius 3 is 1.52 bits per heavy atom. The lowest BCUT2D eigenvalue weighted by molar-refractivity contribution is 0.0711. The Kier molecular flexibility index (Phi) is 12.5. The van der Waals surface area contributed by atoms with Crippen molar-refractivity contribution < 1.29 is 26.6 Å². The molecule has 0 bridgehead atoms. The molecule has 0 heterocycles. The molecule has 8 heteroatoms. The molecule has 0 spiro atoms. The van der Waals surface area contributed by atoms with Crippen molar-refractivity contribution in [3.05, 3.63) is 29.3 Å². The zero-order valence-electron chi connectivity index (χ0n) is 19.3. The van der Waals surface area contributed by atoms with Crippen molar-refractivity contribution in [2.75, 3.05) is 39.6 Å². The number of aryl methyl sites for hydroxylation is 1. The number of rotatable bonds is 16. The highest BCUT2D eigenvalue weighted by molar-refractivity contribution is 6.76. The van der Waals surface area contributed by atoms with E-state index in [2.05, 4.69) is 19.1 Å². The van der Waals surface area contributed by atoms with Crippen LogP contribution in [-0.2, 0) is 33.0 Å². The minimum Gasteiger partial charge on any atom is -0.374 e. The second-order valence-electron chi connectivity index (χ2n) is 6.44. The third-order valence-corrected chi connectivity index (χ3v) is 10.7. The molecule has 0 radical (unpaired) electrons. The molecule has 0 aliphatic rings. The first kappa shape index (κ1) is 26.4. The quantitative estimate of drug-likeness (QED) is 0.361.